The fourth-order valence-electron chi connectivity index (χ4n) is 4.07. The zero-order valence-corrected chi connectivity index (χ0v) is 18.3. The first kappa shape index (κ1) is 20.4. The number of aliphatic carboxylic acids is 1. The zero-order valence-electron chi connectivity index (χ0n) is 17.4. The number of piperidine rings is 1. The molecule has 1 aliphatic heterocycles. The van der Waals surface area contributed by atoms with Crippen LogP contribution in [0.15, 0.2) is 60.1 Å². The summed E-state index contributed by atoms with van der Waals surface area (Å²) in [5, 5.41) is 16.0. The topological polar surface area (TPSA) is 91.2 Å². The van der Waals surface area contributed by atoms with Crippen LogP contribution in [0.4, 0.5) is 11.8 Å². The molecule has 1 aliphatic rings. The third-order valence-electron chi connectivity index (χ3n) is 5.72. The average Bonchev–Trinajstić information content (AvgIpc) is 3.28. The number of nitrogens with zero attached hydrogens (tertiary/aromatic N) is 4. The summed E-state index contributed by atoms with van der Waals surface area (Å²) >= 11 is 1.58. The smallest absolute Gasteiger partial charge is 0.308 e. The summed E-state index contributed by atoms with van der Waals surface area (Å²) in [5.41, 5.74) is 3.11. The molecule has 1 fully saturated rings. The minimum absolute atomic E-state index is 0.392. The summed E-state index contributed by atoms with van der Waals surface area (Å²) in [4.78, 5) is 28.6. The Morgan fingerprint density at radius 1 is 1.16 bits per heavy atom. The molecule has 162 valence electrons. The molecule has 3 aromatic heterocycles. The first-order valence-electron chi connectivity index (χ1n) is 10.7. The van der Waals surface area contributed by atoms with E-state index in [2.05, 4.69) is 27.8 Å². The molecule has 5 rings (SSSR count). The van der Waals surface area contributed by atoms with Gasteiger partial charge in [0.2, 0.25) is 5.95 Å². The second-order valence-corrected chi connectivity index (χ2v) is 8.72. The van der Waals surface area contributed by atoms with Crippen molar-refractivity contribution in [1.29, 1.82) is 0 Å². The van der Waals surface area contributed by atoms with Crippen LogP contribution in [-0.4, -0.2) is 39.1 Å². The highest BCUT2D eigenvalue weighted by Crippen LogP contribution is 2.38. The molecule has 0 aliphatic carbocycles. The maximum absolute atomic E-state index is 11.5. The van der Waals surface area contributed by atoms with Crippen LogP contribution in [0.5, 0.6) is 0 Å². The molecule has 8 heteroatoms. The molecule has 32 heavy (non-hydrogen) atoms. The summed E-state index contributed by atoms with van der Waals surface area (Å²) in [5.74, 6) is 0.171. The lowest BCUT2D eigenvalue weighted by atomic mass is 9.99. The summed E-state index contributed by atoms with van der Waals surface area (Å²) < 4.78 is 0. The molecule has 1 saturated heterocycles. The fourth-order valence-corrected chi connectivity index (χ4v) is 5.01. The average molecular weight is 446 g/mol. The van der Waals surface area contributed by atoms with Crippen molar-refractivity contribution in [2.45, 2.75) is 19.4 Å². The molecule has 7 nitrogen and oxygen atoms in total. The second kappa shape index (κ2) is 8.92. The predicted octanol–water partition coefficient (Wildman–Crippen LogP) is 4.67. The van der Waals surface area contributed by atoms with Crippen molar-refractivity contribution in [1.82, 2.24) is 15.0 Å². The first-order valence-corrected chi connectivity index (χ1v) is 11.5. The monoisotopic (exact) mass is 445 g/mol. The molecule has 4 heterocycles. The third-order valence-corrected chi connectivity index (χ3v) is 6.60. The number of hydrogen-bond acceptors (Lipinski definition) is 7. The lowest BCUT2D eigenvalue weighted by Crippen LogP contribution is -2.39. The Morgan fingerprint density at radius 3 is 2.78 bits per heavy atom. The number of nitrogens with one attached hydrogen (secondary N) is 1. The summed E-state index contributed by atoms with van der Waals surface area (Å²) in [6.07, 6.45) is 3.28. The molecule has 1 atom stereocenters. The Labute approximate surface area is 189 Å². The quantitative estimate of drug-likeness (QED) is 0.446. The number of pyridine rings is 1. The third kappa shape index (κ3) is 4.13. The minimum Gasteiger partial charge on any atom is -0.481 e. The Bertz CT molecular complexity index is 1230. The number of carbonyl (C=O) groups is 1. The molecule has 0 radical (unpaired) electrons. The van der Waals surface area contributed by atoms with Gasteiger partial charge in [-0.25, -0.2) is 4.98 Å². The van der Waals surface area contributed by atoms with Gasteiger partial charge in [-0.1, -0.05) is 36.4 Å². The van der Waals surface area contributed by atoms with Gasteiger partial charge in [0, 0.05) is 30.2 Å². The Balaban J connectivity index is 1.56. The van der Waals surface area contributed by atoms with Gasteiger partial charge in [-0.05, 0) is 30.5 Å². The van der Waals surface area contributed by atoms with E-state index >= 15 is 0 Å². The van der Waals surface area contributed by atoms with Gasteiger partial charge in [-0.2, -0.15) is 4.98 Å². The number of hydrogen-bond donors (Lipinski definition) is 2. The van der Waals surface area contributed by atoms with Crippen molar-refractivity contribution in [2.75, 3.05) is 23.3 Å². The van der Waals surface area contributed by atoms with Gasteiger partial charge in [0.15, 0.2) is 0 Å². The number of carboxylic acid groups (broad SMARTS) is 1. The van der Waals surface area contributed by atoms with Crippen molar-refractivity contribution in [3.8, 4) is 11.1 Å². The predicted molar refractivity (Wildman–Crippen MR) is 127 cm³/mol. The first-order chi connectivity index (χ1) is 15.7. The number of aromatic nitrogens is 3. The SMILES string of the molecule is O=C(O)[C@@H]1CCCN(c2nc(NCc3ccccn3)c3c(-c4ccccc4)csc3n2)C1. The highest BCUT2D eigenvalue weighted by molar-refractivity contribution is 7.17. The number of rotatable bonds is 6. The van der Waals surface area contributed by atoms with Gasteiger partial charge in [0.1, 0.15) is 10.6 Å². The van der Waals surface area contributed by atoms with Gasteiger partial charge >= 0.3 is 5.97 Å². The molecular formula is C24H23N5O2S. The van der Waals surface area contributed by atoms with E-state index in [9.17, 15) is 9.90 Å². The van der Waals surface area contributed by atoms with Crippen LogP contribution in [0.2, 0.25) is 0 Å². The normalized spacial score (nSPS) is 16.2. The minimum atomic E-state index is -0.758. The van der Waals surface area contributed by atoms with Gasteiger partial charge in [0.25, 0.3) is 0 Å². The van der Waals surface area contributed by atoms with Crippen LogP contribution in [0.1, 0.15) is 18.5 Å². The van der Waals surface area contributed by atoms with E-state index in [4.69, 9.17) is 9.97 Å². The molecule has 0 bridgehead atoms. The maximum atomic E-state index is 11.5. The molecular weight excluding hydrogens is 422 g/mol. The van der Waals surface area contributed by atoms with Crippen molar-refractivity contribution >= 4 is 39.3 Å². The van der Waals surface area contributed by atoms with Gasteiger partial charge in [-0.3, -0.25) is 9.78 Å². The Hall–Kier alpha value is -3.52. The number of fused-ring (bicyclic) bond motifs is 1. The van der Waals surface area contributed by atoms with E-state index in [0.717, 1.165) is 45.8 Å². The standard InChI is InChI=1S/C24H23N5O2S/c30-23(31)17-9-6-12-29(14-17)24-27-21(26-13-18-10-4-5-11-25-18)20-19(15-32-22(20)28-24)16-7-2-1-3-8-16/h1-5,7-8,10-11,15,17H,6,9,12-14H2,(H,30,31)(H,26,27,28)/t17-/m1/s1. The van der Waals surface area contributed by atoms with E-state index in [1.807, 2.05) is 41.3 Å². The highest BCUT2D eigenvalue weighted by atomic mass is 32.1. The number of thiophene rings is 1. The van der Waals surface area contributed by atoms with E-state index in [0.29, 0.717) is 25.5 Å². The Kier molecular flexibility index (Phi) is 5.68. The second-order valence-electron chi connectivity index (χ2n) is 7.87. The number of carboxylic acids is 1. The van der Waals surface area contributed by atoms with Crippen molar-refractivity contribution in [3.63, 3.8) is 0 Å². The highest BCUT2D eigenvalue weighted by Gasteiger charge is 2.28. The van der Waals surface area contributed by atoms with Crippen LogP contribution in [0.25, 0.3) is 21.3 Å². The van der Waals surface area contributed by atoms with Crippen molar-refractivity contribution in [2.24, 2.45) is 5.92 Å². The van der Waals surface area contributed by atoms with Crippen LogP contribution < -0.4 is 10.2 Å². The largest absolute Gasteiger partial charge is 0.481 e. The van der Waals surface area contributed by atoms with Crippen LogP contribution >= 0.6 is 11.3 Å². The van der Waals surface area contributed by atoms with Crippen LogP contribution in [0, 0.1) is 5.92 Å². The summed E-state index contributed by atoms with van der Waals surface area (Å²) in [7, 11) is 0. The van der Waals surface area contributed by atoms with E-state index in [1.165, 1.54) is 0 Å². The number of anilines is 2. The molecule has 1 aromatic carbocycles. The summed E-state index contributed by atoms with van der Waals surface area (Å²) in [6.45, 7) is 1.72. The van der Waals surface area contributed by atoms with Gasteiger partial charge < -0.3 is 15.3 Å². The lowest BCUT2D eigenvalue weighted by Gasteiger charge is -2.31. The van der Waals surface area contributed by atoms with Crippen LogP contribution in [0.3, 0.4) is 0 Å². The van der Waals surface area contributed by atoms with Gasteiger partial charge in [0.05, 0.1) is 23.5 Å². The van der Waals surface area contributed by atoms with Crippen molar-refractivity contribution < 1.29 is 9.90 Å². The molecule has 0 amide bonds. The molecule has 0 saturated carbocycles. The fraction of sp³-hybridized carbons (Fsp3) is 0.250. The van der Waals surface area contributed by atoms with Crippen LogP contribution in [-0.2, 0) is 11.3 Å². The van der Waals surface area contributed by atoms with E-state index < -0.39 is 11.9 Å². The summed E-state index contributed by atoms with van der Waals surface area (Å²) in [6, 6.07) is 16.0. The molecule has 4 aromatic rings. The van der Waals surface area contributed by atoms with Gasteiger partial charge in [-0.15, -0.1) is 11.3 Å². The zero-order chi connectivity index (χ0) is 21.9. The Morgan fingerprint density at radius 2 is 2.00 bits per heavy atom. The van der Waals surface area contributed by atoms with E-state index in [1.54, 1.807) is 17.5 Å². The molecule has 0 unspecified atom stereocenters. The lowest BCUT2D eigenvalue weighted by molar-refractivity contribution is -0.141. The number of benzene rings is 1. The van der Waals surface area contributed by atoms with E-state index in [-0.39, 0.29) is 0 Å². The maximum Gasteiger partial charge on any atom is 0.308 e. The molecule has 0 spiro atoms. The molecule has 2 N–H and O–H groups in total. The van der Waals surface area contributed by atoms with Crippen molar-refractivity contribution in [3.05, 3.63) is 65.8 Å².